The minimum Gasteiger partial charge on any atom is -0.488 e. The minimum atomic E-state index is 0.140. The number of nitrogens with one attached hydrogen (secondary N) is 1. The van der Waals surface area contributed by atoms with Crippen molar-refractivity contribution in [2.75, 3.05) is 0 Å². The van der Waals surface area contributed by atoms with Crippen molar-refractivity contribution in [1.29, 1.82) is 0 Å². The lowest BCUT2D eigenvalue weighted by Crippen LogP contribution is -2.34. The van der Waals surface area contributed by atoms with Crippen LogP contribution in [0.15, 0.2) is 40.2 Å². The Morgan fingerprint density at radius 1 is 1.15 bits per heavy atom. The number of ether oxygens (including phenoxy) is 1. The summed E-state index contributed by atoms with van der Waals surface area (Å²) in [5, 5.41) is 5.53. The first-order valence-corrected chi connectivity index (χ1v) is 8.30. The number of rotatable bonds is 5. The Morgan fingerprint density at radius 2 is 1.85 bits per heavy atom. The summed E-state index contributed by atoms with van der Waals surface area (Å²) in [4.78, 5) is 1.21. The summed E-state index contributed by atoms with van der Waals surface area (Å²) in [7, 11) is 0. The van der Waals surface area contributed by atoms with Gasteiger partial charge in [-0.05, 0) is 65.8 Å². The summed E-state index contributed by atoms with van der Waals surface area (Å²) >= 11 is 5.21. The zero-order valence-electron chi connectivity index (χ0n) is 12.1. The molecule has 0 saturated carbocycles. The van der Waals surface area contributed by atoms with Crippen LogP contribution in [0.3, 0.4) is 0 Å². The average Bonchev–Trinajstić information content (AvgIpc) is 2.80. The molecule has 0 radical (unpaired) electrons. The van der Waals surface area contributed by atoms with Crippen molar-refractivity contribution in [2.45, 2.75) is 39.5 Å². The van der Waals surface area contributed by atoms with Crippen LogP contribution >= 0.6 is 27.3 Å². The standard InChI is InChI=1S/C16H20BrNOS/c1-16(2,3)18-10-12-4-6-13(7-5-12)19-11-15-14(17)8-9-20-15/h4-9,18H,10-11H2,1-3H3. The molecule has 0 aliphatic heterocycles. The lowest BCUT2D eigenvalue weighted by atomic mass is 10.1. The van der Waals surface area contributed by atoms with Crippen molar-refractivity contribution in [2.24, 2.45) is 0 Å². The molecule has 0 spiro atoms. The van der Waals surface area contributed by atoms with E-state index in [4.69, 9.17) is 4.74 Å². The fourth-order valence-electron chi connectivity index (χ4n) is 1.65. The highest BCUT2D eigenvalue weighted by atomic mass is 79.9. The highest BCUT2D eigenvalue weighted by Gasteiger charge is 2.08. The Hall–Kier alpha value is -0.840. The van der Waals surface area contributed by atoms with Gasteiger partial charge in [-0.3, -0.25) is 0 Å². The molecule has 0 aliphatic rings. The Kier molecular flexibility index (Phi) is 5.24. The van der Waals surface area contributed by atoms with Crippen LogP contribution in [0.4, 0.5) is 0 Å². The van der Waals surface area contributed by atoms with Crippen molar-refractivity contribution >= 4 is 27.3 Å². The van der Waals surface area contributed by atoms with Crippen molar-refractivity contribution in [3.05, 3.63) is 50.6 Å². The van der Waals surface area contributed by atoms with Gasteiger partial charge in [-0.2, -0.15) is 0 Å². The maximum absolute atomic E-state index is 5.79. The zero-order chi connectivity index (χ0) is 14.6. The Balaban J connectivity index is 1.87. The van der Waals surface area contributed by atoms with Crippen LogP contribution in [0, 0.1) is 0 Å². The monoisotopic (exact) mass is 353 g/mol. The lowest BCUT2D eigenvalue weighted by Gasteiger charge is -2.20. The van der Waals surface area contributed by atoms with Crippen LogP contribution in [0.5, 0.6) is 5.75 Å². The molecule has 0 fully saturated rings. The molecule has 1 heterocycles. The summed E-state index contributed by atoms with van der Waals surface area (Å²) in [5.74, 6) is 0.907. The molecule has 0 amide bonds. The third-order valence-electron chi connectivity index (χ3n) is 2.81. The molecule has 4 heteroatoms. The van der Waals surface area contributed by atoms with Crippen LogP contribution in [0.2, 0.25) is 0 Å². The van der Waals surface area contributed by atoms with Gasteiger partial charge in [-0.1, -0.05) is 12.1 Å². The van der Waals surface area contributed by atoms with Crippen LogP contribution in [-0.4, -0.2) is 5.54 Å². The highest BCUT2D eigenvalue weighted by molar-refractivity contribution is 9.10. The van der Waals surface area contributed by atoms with Crippen molar-refractivity contribution in [3.8, 4) is 5.75 Å². The molecule has 2 nitrogen and oxygen atoms in total. The quantitative estimate of drug-likeness (QED) is 0.818. The van der Waals surface area contributed by atoms with Crippen LogP contribution in [0.25, 0.3) is 0 Å². The van der Waals surface area contributed by atoms with E-state index < -0.39 is 0 Å². The Morgan fingerprint density at radius 3 is 2.40 bits per heavy atom. The summed E-state index contributed by atoms with van der Waals surface area (Å²) in [6, 6.07) is 10.3. The third kappa shape index (κ3) is 4.93. The van der Waals surface area contributed by atoms with E-state index in [9.17, 15) is 0 Å². The van der Waals surface area contributed by atoms with Crippen molar-refractivity contribution in [1.82, 2.24) is 5.32 Å². The van der Waals surface area contributed by atoms with Gasteiger partial charge in [0, 0.05) is 16.6 Å². The van der Waals surface area contributed by atoms with Crippen LogP contribution in [0.1, 0.15) is 31.2 Å². The van der Waals surface area contributed by atoms with Crippen molar-refractivity contribution < 1.29 is 4.74 Å². The fraction of sp³-hybridized carbons (Fsp3) is 0.375. The molecule has 1 aromatic carbocycles. The molecule has 0 aliphatic carbocycles. The van der Waals surface area contributed by atoms with E-state index in [1.54, 1.807) is 11.3 Å². The predicted octanol–water partition coefficient (Wildman–Crippen LogP) is 4.98. The number of hydrogen-bond acceptors (Lipinski definition) is 3. The van der Waals surface area contributed by atoms with Gasteiger partial charge in [0.15, 0.2) is 0 Å². The molecule has 20 heavy (non-hydrogen) atoms. The molecular weight excluding hydrogens is 334 g/mol. The summed E-state index contributed by atoms with van der Waals surface area (Å²) in [6.07, 6.45) is 0. The molecule has 2 aromatic rings. The zero-order valence-corrected chi connectivity index (χ0v) is 14.5. The van der Waals surface area contributed by atoms with Gasteiger partial charge < -0.3 is 10.1 Å². The van der Waals surface area contributed by atoms with Gasteiger partial charge in [-0.25, -0.2) is 0 Å². The normalized spacial score (nSPS) is 11.6. The first-order valence-electron chi connectivity index (χ1n) is 6.63. The van der Waals surface area contributed by atoms with Crippen molar-refractivity contribution in [3.63, 3.8) is 0 Å². The second kappa shape index (κ2) is 6.74. The average molecular weight is 354 g/mol. The molecule has 0 bridgehead atoms. The number of hydrogen-bond donors (Lipinski definition) is 1. The molecule has 0 unspecified atom stereocenters. The van der Waals surface area contributed by atoms with Gasteiger partial charge in [-0.15, -0.1) is 11.3 Å². The molecule has 0 atom stereocenters. The second-order valence-corrected chi connectivity index (χ2v) is 7.58. The van der Waals surface area contributed by atoms with E-state index in [1.165, 1.54) is 10.4 Å². The van der Waals surface area contributed by atoms with E-state index in [1.807, 2.05) is 18.2 Å². The first kappa shape index (κ1) is 15.5. The maximum atomic E-state index is 5.79. The van der Waals surface area contributed by atoms with E-state index in [0.29, 0.717) is 6.61 Å². The molecular formula is C16H20BrNOS. The Labute approximate surface area is 133 Å². The van der Waals surface area contributed by atoms with E-state index >= 15 is 0 Å². The summed E-state index contributed by atoms with van der Waals surface area (Å²) < 4.78 is 6.91. The maximum Gasteiger partial charge on any atom is 0.124 e. The summed E-state index contributed by atoms with van der Waals surface area (Å²) in [6.45, 7) is 7.99. The topological polar surface area (TPSA) is 21.3 Å². The second-order valence-electron chi connectivity index (χ2n) is 5.73. The minimum absolute atomic E-state index is 0.140. The van der Waals surface area contributed by atoms with Gasteiger partial charge in [0.25, 0.3) is 0 Å². The molecule has 1 N–H and O–H groups in total. The van der Waals surface area contributed by atoms with Gasteiger partial charge in [0.1, 0.15) is 12.4 Å². The van der Waals surface area contributed by atoms with Crippen LogP contribution < -0.4 is 10.1 Å². The molecule has 2 rings (SSSR count). The number of halogens is 1. The fourth-order valence-corrected chi connectivity index (χ4v) is 3.03. The van der Waals surface area contributed by atoms with E-state index in [0.717, 1.165) is 16.8 Å². The Bertz CT molecular complexity index is 542. The largest absolute Gasteiger partial charge is 0.488 e. The van der Waals surface area contributed by atoms with Crippen LogP contribution in [-0.2, 0) is 13.2 Å². The van der Waals surface area contributed by atoms with Gasteiger partial charge >= 0.3 is 0 Å². The number of benzene rings is 1. The molecule has 0 saturated heterocycles. The van der Waals surface area contributed by atoms with E-state index in [2.05, 4.69) is 59.5 Å². The highest BCUT2D eigenvalue weighted by Crippen LogP contribution is 2.24. The SMILES string of the molecule is CC(C)(C)NCc1ccc(OCc2sccc2Br)cc1. The third-order valence-corrected chi connectivity index (χ3v) is 4.71. The van der Waals surface area contributed by atoms with E-state index in [-0.39, 0.29) is 5.54 Å². The molecule has 108 valence electrons. The number of thiophene rings is 1. The summed E-state index contributed by atoms with van der Waals surface area (Å²) in [5.41, 5.74) is 1.41. The lowest BCUT2D eigenvalue weighted by molar-refractivity contribution is 0.309. The van der Waals surface area contributed by atoms with Gasteiger partial charge in [0.2, 0.25) is 0 Å². The smallest absolute Gasteiger partial charge is 0.124 e. The van der Waals surface area contributed by atoms with Gasteiger partial charge in [0.05, 0.1) is 4.88 Å². The molecule has 1 aromatic heterocycles. The first-order chi connectivity index (χ1) is 9.44. The predicted molar refractivity (Wildman–Crippen MR) is 89.4 cm³/mol.